The van der Waals surface area contributed by atoms with E-state index in [0.29, 0.717) is 42.9 Å². The van der Waals surface area contributed by atoms with Crippen LogP contribution in [-0.2, 0) is 21.0 Å². The molecule has 8 nitrogen and oxygen atoms in total. The van der Waals surface area contributed by atoms with Crippen LogP contribution in [0.2, 0.25) is 0 Å². The van der Waals surface area contributed by atoms with Crippen LogP contribution in [0.15, 0.2) is 90.0 Å². The molecule has 2 aromatic carbocycles. The lowest BCUT2D eigenvalue weighted by Gasteiger charge is -2.37. The third-order valence-corrected chi connectivity index (χ3v) is 8.65. The smallest absolute Gasteiger partial charge is 0.418 e. The number of carboxylic acids is 1. The number of nitrogens with zero attached hydrogens (tertiary/aromatic N) is 3. The molecule has 0 spiro atoms. The Morgan fingerprint density at radius 3 is 2.17 bits per heavy atom. The standard InChI is InChI=1S/C30H27F3N4O4S/c1-29(28(38)39)16-18-37(19-17-29)25-12-7-13-26(35-25)42(40,41)36-24-15-14-23(30(31,32)33)27(34-24)22-11-6-5-10-21(22)20-8-3-2-4-9-20/h2-15H,16-19H2,1H3,(H,34,36)(H,38,39). The molecule has 0 aliphatic carbocycles. The van der Waals surface area contributed by atoms with E-state index in [-0.39, 0.29) is 16.4 Å². The molecule has 12 heteroatoms. The number of sulfonamides is 1. The summed E-state index contributed by atoms with van der Waals surface area (Å²) in [5, 5.41) is 9.13. The molecule has 218 valence electrons. The van der Waals surface area contributed by atoms with Gasteiger partial charge in [-0.1, -0.05) is 60.7 Å². The van der Waals surface area contributed by atoms with Gasteiger partial charge in [-0.3, -0.25) is 9.52 Å². The maximum Gasteiger partial charge on any atom is 0.418 e. The van der Waals surface area contributed by atoms with Crippen LogP contribution in [0, 0.1) is 5.41 Å². The number of carboxylic acid groups (broad SMARTS) is 1. The number of anilines is 2. The van der Waals surface area contributed by atoms with Gasteiger partial charge in [0.05, 0.1) is 16.7 Å². The number of aliphatic carboxylic acids is 1. The van der Waals surface area contributed by atoms with Crippen molar-refractivity contribution in [3.63, 3.8) is 0 Å². The van der Waals surface area contributed by atoms with Crippen molar-refractivity contribution < 1.29 is 31.5 Å². The van der Waals surface area contributed by atoms with E-state index < -0.39 is 38.8 Å². The first-order valence-corrected chi connectivity index (χ1v) is 14.6. The summed E-state index contributed by atoms with van der Waals surface area (Å²) in [4.78, 5) is 21.8. The Hall–Kier alpha value is -4.45. The number of nitrogens with one attached hydrogen (secondary N) is 1. The van der Waals surface area contributed by atoms with Crippen molar-refractivity contribution in [2.45, 2.75) is 31.0 Å². The fraction of sp³-hybridized carbons (Fsp3) is 0.233. The molecule has 42 heavy (non-hydrogen) atoms. The summed E-state index contributed by atoms with van der Waals surface area (Å²) in [7, 11) is -4.35. The quantitative estimate of drug-likeness (QED) is 0.257. The summed E-state index contributed by atoms with van der Waals surface area (Å²) >= 11 is 0. The maximum absolute atomic E-state index is 14.1. The molecule has 5 rings (SSSR count). The number of pyridine rings is 2. The number of carbonyl (C=O) groups is 1. The third-order valence-electron chi connectivity index (χ3n) is 7.40. The minimum absolute atomic E-state index is 0.190. The molecule has 1 saturated heterocycles. The second kappa shape index (κ2) is 11.1. The summed E-state index contributed by atoms with van der Waals surface area (Å²) < 4.78 is 71.2. The van der Waals surface area contributed by atoms with Crippen LogP contribution in [0.5, 0.6) is 0 Å². The highest BCUT2D eigenvalue weighted by molar-refractivity contribution is 7.92. The molecule has 1 aliphatic heterocycles. The Morgan fingerprint density at radius 2 is 1.52 bits per heavy atom. The Labute approximate surface area is 240 Å². The number of piperidine rings is 1. The first-order chi connectivity index (χ1) is 19.9. The van der Waals surface area contributed by atoms with Gasteiger partial charge in [-0.2, -0.15) is 21.6 Å². The lowest BCUT2D eigenvalue weighted by molar-refractivity contribution is -0.149. The van der Waals surface area contributed by atoms with Gasteiger partial charge in [-0.25, -0.2) is 9.97 Å². The predicted molar refractivity (Wildman–Crippen MR) is 152 cm³/mol. The number of rotatable bonds is 7. The highest BCUT2D eigenvalue weighted by Gasteiger charge is 2.38. The van der Waals surface area contributed by atoms with Crippen molar-refractivity contribution in [1.29, 1.82) is 0 Å². The van der Waals surface area contributed by atoms with Crippen molar-refractivity contribution >= 4 is 27.6 Å². The van der Waals surface area contributed by atoms with Gasteiger partial charge >= 0.3 is 12.1 Å². The molecule has 1 aliphatic rings. The van der Waals surface area contributed by atoms with Crippen LogP contribution in [0.25, 0.3) is 22.4 Å². The lowest BCUT2D eigenvalue weighted by Crippen LogP contribution is -2.43. The Kier molecular flexibility index (Phi) is 7.67. The Morgan fingerprint density at radius 1 is 0.881 bits per heavy atom. The van der Waals surface area contributed by atoms with Crippen LogP contribution in [0.4, 0.5) is 24.8 Å². The molecule has 2 aromatic heterocycles. The fourth-order valence-electron chi connectivity index (χ4n) is 4.87. The molecule has 0 saturated carbocycles. The number of alkyl halides is 3. The number of benzene rings is 2. The van der Waals surface area contributed by atoms with Gasteiger partial charge in [-0.15, -0.1) is 0 Å². The monoisotopic (exact) mass is 596 g/mol. The van der Waals surface area contributed by atoms with E-state index in [1.165, 1.54) is 18.2 Å². The first kappa shape index (κ1) is 29.1. The van der Waals surface area contributed by atoms with E-state index in [2.05, 4.69) is 14.7 Å². The molecule has 3 heterocycles. The van der Waals surface area contributed by atoms with Crippen LogP contribution < -0.4 is 9.62 Å². The number of hydrogen-bond donors (Lipinski definition) is 2. The molecule has 0 bridgehead atoms. The average Bonchev–Trinajstić information content (AvgIpc) is 2.97. The zero-order chi connectivity index (χ0) is 30.1. The number of hydrogen-bond acceptors (Lipinski definition) is 6. The molecule has 0 radical (unpaired) electrons. The normalized spacial score (nSPS) is 15.3. The molecule has 0 atom stereocenters. The van der Waals surface area contributed by atoms with Crippen molar-refractivity contribution in [1.82, 2.24) is 9.97 Å². The molecule has 0 unspecified atom stereocenters. The molecule has 0 amide bonds. The van der Waals surface area contributed by atoms with Crippen molar-refractivity contribution in [2.24, 2.45) is 5.41 Å². The van der Waals surface area contributed by atoms with E-state index in [1.54, 1.807) is 66.4 Å². The van der Waals surface area contributed by atoms with Crippen LogP contribution >= 0.6 is 0 Å². The van der Waals surface area contributed by atoms with Gasteiger partial charge < -0.3 is 10.0 Å². The highest BCUT2D eigenvalue weighted by Crippen LogP contribution is 2.40. The summed E-state index contributed by atoms with van der Waals surface area (Å²) in [6.45, 7) is 2.42. The molecule has 2 N–H and O–H groups in total. The van der Waals surface area contributed by atoms with Crippen LogP contribution in [0.3, 0.4) is 0 Å². The van der Waals surface area contributed by atoms with Gasteiger partial charge in [0.2, 0.25) is 0 Å². The Balaban J connectivity index is 1.48. The molecular weight excluding hydrogens is 569 g/mol. The van der Waals surface area contributed by atoms with E-state index >= 15 is 0 Å². The van der Waals surface area contributed by atoms with E-state index in [4.69, 9.17) is 0 Å². The Bertz CT molecular complexity index is 1720. The molecule has 4 aromatic rings. The van der Waals surface area contributed by atoms with Gasteiger partial charge in [0.1, 0.15) is 11.6 Å². The van der Waals surface area contributed by atoms with E-state index in [1.807, 2.05) is 0 Å². The predicted octanol–water partition coefficient (Wildman–Crippen LogP) is 6.32. The minimum Gasteiger partial charge on any atom is -0.481 e. The second-order valence-corrected chi connectivity index (χ2v) is 11.9. The van der Waals surface area contributed by atoms with Crippen LogP contribution in [-0.4, -0.2) is 42.6 Å². The number of halogens is 3. The largest absolute Gasteiger partial charge is 0.481 e. The summed E-state index contributed by atoms with van der Waals surface area (Å²) in [5.74, 6) is -0.836. The van der Waals surface area contributed by atoms with Gasteiger partial charge in [0, 0.05) is 18.7 Å². The van der Waals surface area contributed by atoms with E-state index in [0.717, 1.165) is 12.1 Å². The fourth-order valence-corrected chi connectivity index (χ4v) is 5.84. The van der Waals surface area contributed by atoms with E-state index in [9.17, 15) is 31.5 Å². The highest BCUT2D eigenvalue weighted by atomic mass is 32.2. The molecule has 1 fully saturated rings. The van der Waals surface area contributed by atoms with Gasteiger partial charge in [0.15, 0.2) is 5.03 Å². The average molecular weight is 597 g/mol. The first-order valence-electron chi connectivity index (χ1n) is 13.1. The van der Waals surface area contributed by atoms with Crippen molar-refractivity contribution in [2.75, 3.05) is 22.7 Å². The second-order valence-electron chi connectivity index (χ2n) is 10.3. The van der Waals surface area contributed by atoms with Crippen molar-refractivity contribution in [3.05, 3.63) is 90.5 Å². The summed E-state index contributed by atoms with van der Waals surface area (Å²) in [6, 6.07) is 21.5. The van der Waals surface area contributed by atoms with Gasteiger partial charge in [-0.05, 0) is 55.2 Å². The SMILES string of the molecule is CC1(C(=O)O)CCN(c2cccc(S(=O)(=O)Nc3ccc(C(F)(F)F)c(-c4ccccc4-c4ccccc4)n3)n2)CC1. The summed E-state index contributed by atoms with van der Waals surface area (Å²) in [6.07, 6.45) is -4.02. The topological polar surface area (TPSA) is 112 Å². The maximum atomic E-state index is 14.1. The zero-order valence-electron chi connectivity index (χ0n) is 22.5. The molecular formula is C30H27F3N4O4S. The van der Waals surface area contributed by atoms with Crippen LogP contribution in [0.1, 0.15) is 25.3 Å². The zero-order valence-corrected chi connectivity index (χ0v) is 23.3. The number of aromatic nitrogens is 2. The van der Waals surface area contributed by atoms with Crippen molar-refractivity contribution in [3.8, 4) is 22.4 Å². The minimum atomic E-state index is -4.75. The van der Waals surface area contributed by atoms with Gasteiger partial charge in [0.25, 0.3) is 10.0 Å². The lowest BCUT2D eigenvalue weighted by atomic mass is 9.80. The summed E-state index contributed by atoms with van der Waals surface area (Å²) in [5.41, 5.74) is -0.920. The third kappa shape index (κ3) is 5.94.